The highest BCUT2D eigenvalue weighted by Crippen LogP contribution is 2.45. The maximum absolute atomic E-state index is 13.1. The second-order valence-corrected chi connectivity index (χ2v) is 10.5. The minimum absolute atomic E-state index is 0.0226. The zero-order valence-electron chi connectivity index (χ0n) is 17.4. The quantitative estimate of drug-likeness (QED) is 0.119. The van der Waals surface area contributed by atoms with Crippen molar-refractivity contribution in [1.82, 2.24) is 10.2 Å². The molecule has 1 amide bonds. The number of carbonyl (C=O) groups is 2. The fraction of sp³-hybridized carbons (Fsp3) is 0.0833. The average molecular weight is 510 g/mol. The van der Waals surface area contributed by atoms with Gasteiger partial charge in [-0.15, -0.1) is 21.5 Å². The van der Waals surface area contributed by atoms with Crippen molar-refractivity contribution in [2.75, 3.05) is 4.90 Å². The van der Waals surface area contributed by atoms with Crippen molar-refractivity contribution in [3.63, 3.8) is 0 Å². The van der Waals surface area contributed by atoms with Gasteiger partial charge in [-0.05, 0) is 29.1 Å². The van der Waals surface area contributed by atoms with Crippen LogP contribution in [-0.2, 0) is 15.3 Å². The zero-order valence-corrected chi connectivity index (χ0v) is 19.9. The molecule has 1 fully saturated rings. The molecule has 0 spiro atoms. The molecular formula is C24H16FN3O3S3. The second kappa shape index (κ2) is 9.49. The summed E-state index contributed by atoms with van der Waals surface area (Å²) in [6, 6.07) is 17.7. The van der Waals surface area contributed by atoms with Gasteiger partial charge in [-0.1, -0.05) is 71.6 Å². The molecule has 4 aromatic rings. The Balaban J connectivity index is 1.49. The number of halogens is 1. The van der Waals surface area contributed by atoms with E-state index in [-0.39, 0.29) is 22.3 Å². The smallest absolute Gasteiger partial charge is 0.301 e. The molecule has 5 rings (SSSR count). The number of rotatable bonds is 6. The molecule has 1 unspecified atom stereocenters. The summed E-state index contributed by atoms with van der Waals surface area (Å²) in [5, 5.41) is 21.5. The number of nitrogens with zero attached hydrogens (tertiary/aromatic N) is 3. The number of ketones is 1. The van der Waals surface area contributed by atoms with Crippen molar-refractivity contribution in [2.45, 2.75) is 16.1 Å². The van der Waals surface area contributed by atoms with E-state index in [9.17, 15) is 19.1 Å². The van der Waals surface area contributed by atoms with Crippen LogP contribution in [0.1, 0.15) is 22.0 Å². The van der Waals surface area contributed by atoms with Gasteiger partial charge in [-0.25, -0.2) is 4.39 Å². The lowest BCUT2D eigenvalue weighted by molar-refractivity contribution is -0.132. The maximum Gasteiger partial charge on any atom is 0.301 e. The number of aliphatic hydroxyl groups is 1. The summed E-state index contributed by atoms with van der Waals surface area (Å²) in [5.41, 5.74) is 1.40. The summed E-state index contributed by atoms with van der Waals surface area (Å²) < 4.78 is 13.7. The summed E-state index contributed by atoms with van der Waals surface area (Å²) in [5.74, 6) is -1.50. The van der Waals surface area contributed by atoms with Gasteiger partial charge in [-0.2, -0.15) is 0 Å². The third-order valence-corrected chi connectivity index (χ3v) is 8.23. The van der Waals surface area contributed by atoms with E-state index >= 15 is 0 Å². The molecule has 2 aromatic carbocycles. The van der Waals surface area contributed by atoms with Crippen LogP contribution in [0.3, 0.4) is 0 Å². The number of hydrogen-bond acceptors (Lipinski definition) is 8. The predicted molar refractivity (Wildman–Crippen MR) is 131 cm³/mol. The van der Waals surface area contributed by atoms with Crippen LogP contribution in [0.2, 0.25) is 0 Å². The molecule has 0 bridgehead atoms. The Bertz CT molecular complexity index is 1370. The van der Waals surface area contributed by atoms with Crippen LogP contribution in [0.15, 0.2) is 82.0 Å². The van der Waals surface area contributed by atoms with Crippen LogP contribution in [0.25, 0.3) is 5.76 Å². The van der Waals surface area contributed by atoms with Crippen LogP contribution < -0.4 is 4.90 Å². The monoisotopic (exact) mass is 509 g/mol. The molecular weight excluding hydrogens is 493 g/mol. The Kier molecular flexibility index (Phi) is 6.27. The summed E-state index contributed by atoms with van der Waals surface area (Å²) in [6.45, 7) is 0. The summed E-state index contributed by atoms with van der Waals surface area (Å²) in [4.78, 5) is 28.2. The van der Waals surface area contributed by atoms with Gasteiger partial charge in [0.1, 0.15) is 17.6 Å². The lowest BCUT2D eigenvalue weighted by Gasteiger charge is -2.20. The number of aromatic nitrogens is 2. The first-order valence-electron chi connectivity index (χ1n) is 10.1. The first-order chi connectivity index (χ1) is 16.5. The first kappa shape index (κ1) is 22.5. The van der Waals surface area contributed by atoms with Gasteiger partial charge >= 0.3 is 5.91 Å². The molecule has 1 N–H and O–H groups in total. The number of anilines is 1. The SMILES string of the molecule is O=C1C(=O)N(c2nnc(SCc3ccc(F)cc3)s2)C(c2cccs2)/C1=C(/O)c1ccccc1. The largest absolute Gasteiger partial charge is 0.507 e. The molecule has 1 aliphatic heterocycles. The molecule has 0 aliphatic carbocycles. The van der Waals surface area contributed by atoms with E-state index in [1.165, 1.54) is 51.5 Å². The van der Waals surface area contributed by atoms with Crippen LogP contribution >= 0.6 is 34.4 Å². The molecule has 0 saturated carbocycles. The Hall–Kier alpha value is -3.34. The number of carbonyl (C=O) groups excluding carboxylic acids is 2. The van der Waals surface area contributed by atoms with E-state index in [1.807, 2.05) is 17.5 Å². The molecule has 10 heteroatoms. The number of amides is 1. The molecule has 1 atom stereocenters. The van der Waals surface area contributed by atoms with Gasteiger partial charge in [0, 0.05) is 16.2 Å². The highest BCUT2D eigenvalue weighted by atomic mass is 32.2. The molecule has 6 nitrogen and oxygen atoms in total. The fourth-order valence-corrected chi connectivity index (χ4v) is 6.23. The van der Waals surface area contributed by atoms with Crippen molar-refractivity contribution in [2.24, 2.45) is 0 Å². The molecule has 0 radical (unpaired) electrons. The van der Waals surface area contributed by atoms with Crippen LogP contribution in [-0.4, -0.2) is 27.0 Å². The maximum atomic E-state index is 13.1. The number of thiophene rings is 1. The standard InChI is InChI=1S/C24H16FN3O3S3/c25-16-10-8-14(9-11-16)13-33-24-27-26-23(34-24)28-19(17-7-4-12-32-17)18(21(30)22(28)31)20(29)15-5-2-1-3-6-15/h1-12,19,29H,13H2/b20-18-. The van der Waals surface area contributed by atoms with Crippen molar-refractivity contribution < 1.29 is 19.1 Å². The summed E-state index contributed by atoms with van der Waals surface area (Å²) in [7, 11) is 0. The molecule has 1 aliphatic rings. The third kappa shape index (κ3) is 4.27. The van der Waals surface area contributed by atoms with Gasteiger partial charge in [0.15, 0.2) is 4.34 Å². The van der Waals surface area contributed by atoms with Crippen LogP contribution in [0.5, 0.6) is 0 Å². The van der Waals surface area contributed by atoms with E-state index in [2.05, 4.69) is 10.2 Å². The third-order valence-electron chi connectivity index (χ3n) is 5.18. The zero-order chi connectivity index (χ0) is 23.7. The Morgan fingerprint density at radius 3 is 2.50 bits per heavy atom. The summed E-state index contributed by atoms with van der Waals surface area (Å²) in [6.07, 6.45) is 0. The lowest BCUT2D eigenvalue weighted by Crippen LogP contribution is -2.29. The molecule has 2 aromatic heterocycles. The highest BCUT2D eigenvalue weighted by Gasteiger charge is 2.48. The number of thioether (sulfide) groups is 1. The second-order valence-electron chi connectivity index (χ2n) is 7.32. The van der Waals surface area contributed by atoms with Crippen LogP contribution in [0.4, 0.5) is 9.52 Å². The Labute approximate surface area is 206 Å². The molecule has 1 saturated heterocycles. The van der Waals surface area contributed by atoms with Gasteiger partial charge in [0.2, 0.25) is 5.13 Å². The number of Topliss-reactive ketones (excluding diaryl/α,β-unsaturated/α-hetero) is 1. The number of aliphatic hydroxyl groups excluding tert-OH is 1. The van der Waals surface area contributed by atoms with Crippen molar-refractivity contribution in [3.05, 3.63) is 99.5 Å². The van der Waals surface area contributed by atoms with E-state index < -0.39 is 17.7 Å². The number of benzene rings is 2. The normalized spacial score (nSPS) is 17.4. The van der Waals surface area contributed by atoms with E-state index in [0.717, 1.165) is 10.4 Å². The fourth-order valence-electron chi connectivity index (χ4n) is 3.58. The van der Waals surface area contributed by atoms with E-state index in [1.54, 1.807) is 42.5 Å². The van der Waals surface area contributed by atoms with Gasteiger partial charge < -0.3 is 5.11 Å². The first-order valence-corrected chi connectivity index (χ1v) is 12.8. The minimum atomic E-state index is -0.803. The minimum Gasteiger partial charge on any atom is -0.507 e. The van der Waals surface area contributed by atoms with Gasteiger partial charge in [0.05, 0.1) is 5.57 Å². The van der Waals surface area contributed by atoms with Crippen molar-refractivity contribution >= 4 is 57.0 Å². The highest BCUT2D eigenvalue weighted by molar-refractivity contribution is 8.00. The molecule has 170 valence electrons. The number of hydrogen-bond donors (Lipinski definition) is 1. The van der Waals surface area contributed by atoms with Gasteiger partial charge in [-0.3, -0.25) is 14.5 Å². The average Bonchev–Trinajstić information content (AvgIpc) is 3.60. The Morgan fingerprint density at radius 2 is 1.79 bits per heavy atom. The predicted octanol–water partition coefficient (Wildman–Crippen LogP) is 5.66. The van der Waals surface area contributed by atoms with Crippen LogP contribution in [0, 0.1) is 5.82 Å². The summed E-state index contributed by atoms with van der Waals surface area (Å²) >= 11 is 3.98. The van der Waals surface area contributed by atoms with Crippen molar-refractivity contribution in [1.29, 1.82) is 0 Å². The topological polar surface area (TPSA) is 83.4 Å². The molecule has 34 heavy (non-hydrogen) atoms. The van der Waals surface area contributed by atoms with E-state index in [4.69, 9.17) is 0 Å². The molecule has 3 heterocycles. The van der Waals surface area contributed by atoms with Gasteiger partial charge in [0.25, 0.3) is 5.78 Å². The van der Waals surface area contributed by atoms with Crippen molar-refractivity contribution in [3.8, 4) is 0 Å². The van der Waals surface area contributed by atoms with E-state index in [0.29, 0.717) is 15.7 Å². The Morgan fingerprint density at radius 1 is 1.03 bits per heavy atom. The lowest BCUT2D eigenvalue weighted by atomic mass is 10.00.